The summed E-state index contributed by atoms with van der Waals surface area (Å²) in [4.78, 5) is 24.4. The van der Waals surface area contributed by atoms with Gasteiger partial charge in [0.25, 0.3) is 5.91 Å². The van der Waals surface area contributed by atoms with Gasteiger partial charge in [-0.25, -0.2) is 0 Å². The zero-order valence-corrected chi connectivity index (χ0v) is 16.9. The zero-order valence-electron chi connectivity index (χ0n) is 16.9. The maximum Gasteiger partial charge on any atom is 0.265 e. The summed E-state index contributed by atoms with van der Waals surface area (Å²) in [6.45, 7) is 5.79. The van der Waals surface area contributed by atoms with E-state index >= 15 is 0 Å². The number of ether oxygens (including phenoxy) is 3. The number of aryl methyl sites for hydroxylation is 1. The average molecular weight is 398 g/mol. The molecule has 1 aliphatic rings. The van der Waals surface area contributed by atoms with Gasteiger partial charge in [-0.2, -0.15) is 0 Å². The number of carbonyl (C=O) groups is 2. The number of benzene rings is 2. The third-order valence-corrected chi connectivity index (χ3v) is 4.55. The predicted octanol–water partition coefficient (Wildman–Crippen LogP) is 4.26. The summed E-state index contributed by atoms with van der Waals surface area (Å²) in [5, 5.41) is 5.74. The number of hydrogen-bond acceptors (Lipinski definition) is 5. The molecule has 0 bridgehead atoms. The van der Waals surface area contributed by atoms with Crippen molar-refractivity contribution in [3.63, 3.8) is 0 Å². The van der Waals surface area contributed by atoms with Crippen LogP contribution in [0.5, 0.6) is 17.2 Å². The molecule has 29 heavy (non-hydrogen) atoms. The SMILES string of the molecule is CCCCC(=O)Nc1ccc(NC(=O)C(C)Oc2ccc3c(c2)OCO3)cc1C. The Balaban J connectivity index is 1.56. The predicted molar refractivity (Wildman–Crippen MR) is 111 cm³/mol. The summed E-state index contributed by atoms with van der Waals surface area (Å²) in [6, 6.07) is 10.6. The Labute approximate surface area is 170 Å². The molecule has 154 valence electrons. The van der Waals surface area contributed by atoms with E-state index in [1.54, 1.807) is 37.3 Å². The fraction of sp³-hybridized carbons (Fsp3) is 0.364. The smallest absolute Gasteiger partial charge is 0.265 e. The topological polar surface area (TPSA) is 85.9 Å². The molecule has 1 unspecified atom stereocenters. The number of hydrogen-bond donors (Lipinski definition) is 2. The summed E-state index contributed by atoms with van der Waals surface area (Å²) in [6.07, 6.45) is 1.64. The van der Waals surface area contributed by atoms with Gasteiger partial charge in [-0.3, -0.25) is 9.59 Å². The van der Waals surface area contributed by atoms with Gasteiger partial charge in [0.1, 0.15) is 5.75 Å². The molecule has 0 spiro atoms. The normalized spacial score (nSPS) is 12.9. The Bertz CT molecular complexity index is 897. The summed E-state index contributed by atoms with van der Waals surface area (Å²) >= 11 is 0. The third kappa shape index (κ3) is 5.40. The van der Waals surface area contributed by atoms with Crippen molar-refractivity contribution >= 4 is 23.2 Å². The van der Waals surface area contributed by atoms with E-state index in [1.807, 2.05) is 19.9 Å². The lowest BCUT2D eigenvalue weighted by Gasteiger charge is -2.16. The van der Waals surface area contributed by atoms with Gasteiger partial charge in [-0.05, 0) is 56.2 Å². The van der Waals surface area contributed by atoms with Crippen LogP contribution in [-0.2, 0) is 9.59 Å². The van der Waals surface area contributed by atoms with Gasteiger partial charge in [0.15, 0.2) is 17.6 Å². The Morgan fingerprint density at radius 3 is 2.66 bits per heavy atom. The van der Waals surface area contributed by atoms with Crippen molar-refractivity contribution in [2.45, 2.75) is 46.1 Å². The first kappa shape index (κ1) is 20.5. The van der Waals surface area contributed by atoms with Crippen molar-refractivity contribution in [3.05, 3.63) is 42.0 Å². The highest BCUT2D eigenvalue weighted by Gasteiger charge is 2.18. The highest BCUT2D eigenvalue weighted by Crippen LogP contribution is 2.35. The van der Waals surface area contributed by atoms with Gasteiger partial charge in [0.05, 0.1) is 0 Å². The van der Waals surface area contributed by atoms with Crippen LogP contribution in [-0.4, -0.2) is 24.7 Å². The molecule has 1 aliphatic heterocycles. The molecule has 1 atom stereocenters. The molecular formula is C22H26N2O5. The number of unbranched alkanes of at least 4 members (excludes halogenated alkanes) is 1. The monoisotopic (exact) mass is 398 g/mol. The number of rotatable bonds is 8. The minimum Gasteiger partial charge on any atom is -0.481 e. The van der Waals surface area contributed by atoms with Crippen LogP contribution in [0.15, 0.2) is 36.4 Å². The van der Waals surface area contributed by atoms with E-state index in [4.69, 9.17) is 14.2 Å². The number of anilines is 2. The van der Waals surface area contributed by atoms with Crippen LogP contribution in [0.25, 0.3) is 0 Å². The molecule has 2 aromatic rings. The summed E-state index contributed by atoms with van der Waals surface area (Å²) in [7, 11) is 0. The van der Waals surface area contributed by atoms with Crippen LogP contribution >= 0.6 is 0 Å². The number of amides is 2. The minimum absolute atomic E-state index is 0.00233. The van der Waals surface area contributed by atoms with Gasteiger partial charge in [0.2, 0.25) is 12.7 Å². The Morgan fingerprint density at radius 1 is 1.10 bits per heavy atom. The molecule has 0 radical (unpaired) electrons. The lowest BCUT2D eigenvalue weighted by molar-refractivity contribution is -0.122. The first-order chi connectivity index (χ1) is 14.0. The molecule has 0 aromatic heterocycles. The van der Waals surface area contributed by atoms with E-state index in [0.29, 0.717) is 29.4 Å². The van der Waals surface area contributed by atoms with Crippen LogP contribution in [0, 0.1) is 6.92 Å². The van der Waals surface area contributed by atoms with E-state index in [-0.39, 0.29) is 18.6 Å². The first-order valence-corrected chi connectivity index (χ1v) is 9.74. The number of fused-ring (bicyclic) bond motifs is 1. The fourth-order valence-corrected chi connectivity index (χ4v) is 2.88. The van der Waals surface area contributed by atoms with Crippen LogP contribution < -0.4 is 24.8 Å². The molecule has 3 rings (SSSR count). The molecule has 2 aromatic carbocycles. The van der Waals surface area contributed by atoms with E-state index in [9.17, 15) is 9.59 Å². The zero-order chi connectivity index (χ0) is 20.8. The van der Waals surface area contributed by atoms with Crippen LogP contribution in [0.1, 0.15) is 38.7 Å². The number of nitrogens with one attached hydrogen (secondary N) is 2. The lowest BCUT2D eigenvalue weighted by Crippen LogP contribution is -2.30. The number of carbonyl (C=O) groups excluding carboxylic acids is 2. The molecule has 7 nitrogen and oxygen atoms in total. The van der Waals surface area contributed by atoms with Gasteiger partial charge >= 0.3 is 0 Å². The largest absolute Gasteiger partial charge is 0.481 e. The van der Waals surface area contributed by atoms with E-state index in [1.165, 1.54) is 0 Å². The van der Waals surface area contributed by atoms with Crippen molar-refractivity contribution in [2.24, 2.45) is 0 Å². The Hall–Kier alpha value is -3.22. The summed E-state index contributed by atoms with van der Waals surface area (Å²) < 4.78 is 16.3. The summed E-state index contributed by atoms with van der Waals surface area (Å²) in [5.41, 5.74) is 2.26. The second-order valence-electron chi connectivity index (χ2n) is 6.95. The van der Waals surface area contributed by atoms with Crippen molar-refractivity contribution in [1.82, 2.24) is 0 Å². The van der Waals surface area contributed by atoms with Crippen molar-refractivity contribution in [1.29, 1.82) is 0 Å². The molecule has 2 N–H and O–H groups in total. The van der Waals surface area contributed by atoms with Crippen LogP contribution in [0.3, 0.4) is 0 Å². The average Bonchev–Trinajstić information content (AvgIpc) is 3.16. The van der Waals surface area contributed by atoms with Crippen LogP contribution in [0.4, 0.5) is 11.4 Å². The van der Waals surface area contributed by atoms with Crippen molar-refractivity contribution < 1.29 is 23.8 Å². The van der Waals surface area contributed by atoms with Crippen LogP contribution in [0.2, 0.25) is 0 Å². The molecule has 2 amide bonds. The van der Waals surface area contributed by atoms with Gasteiger partial charge in [0, 0.05) is 23.9 Å². The van der Waals surface area contributed by atoms with E-state index in [0.717, 1.165) is 24.1 Å². The second-order valence-corrected chi connectivity index (χ2v) is 6.95. The quantitative estimate of drug-likeness (QED) is 0.694. The van der Waals surface area contributed by atoms with E-state index < -0.39 is 6.10 Å². The second kappa shape index (κ2) is 9.32. The third-order valence-electron chi connectivity index (χ3n) is 4.55. The first-order valence-electron chi connectivity index (χ1n) is 9.74. The standard InChI is InChI=1S/C22H26N2O5/c1-4-5-6-21(25)24-18-9-7-16(11-14(18)2)23-22(26)15(3)29-17-8-10-19-20(12-17)28-13-27-19/h7-12,15H,4-6,13H2,1-3H3,(H,23,26)(H,24,25). The summed E-state index contributed by atoms with van der Waals surface area (Å²) in [5.74, 6) is 1.51. The molecule has 7 heteroatoms. The van der Waals surface area contributed by atoms with Crippen molar-refractivity contribution in [3.8, 4) is 17.2 Å². The van der Waals surface area contributed by atoms with Gasteiger partial charge in [-0.15, -0.1) is 0 Å². The molecule has 0 saturated heterocycles. The minimum atomic E-state index is -0.705. The Kier molecular flexibility index (Phi) is 6.59. The highest BCUT2D eigenvalue weighted by molar-refractivity contribution is 5.95. The molecule has 0 fully saturated rings. The molecule has 0 saturated carbocycles. The maximum absolute atomic E-state index is 12.5. The maximum atomic E-state index is 12.5. The van der Waals surface area contributed by atoms with Gasteiger partial charge < -0.3 is 24.8 Å². The molecular weight excluding hydrogens is 372 g/mol. The van der Waals surface area contributed by atoms with Gasteiger partial charge in [-0.1, -0.05) is 13.3 Å². The van der Waals surface area contributed by atoms with Crippen molar-refractivity contribution in [2.75, 3.05) is 17.4 Å². The Morgan fingerprint density at radius 2 is 1.90 bits per heavy atom. The lowest BCUT2D eigenvalue weighted by atomic mass is 10.1. The molecule has 0 aliphatic carbocycles. The fourth-order valence-electron chi connectivity index (χ4n) is 2.88. The highest BCUT2D eigenvalue weighted by atomic mass is 16.7. The van der Waals surface area contributed by atoms with E-state index in [2.05, 4.69) is 10.6 Å². The molecule has 1 heterocycles.